The summed E-state index contributed by atoms with van der Waals surface area (Å²) in [6.45, 7) is 1.90. The van der Waals surface area contributed by atoms with E-state index in [-0.39, 0.29) is 23.0 Å². The normalized spacial score (nSPS) is 11.7. The van der Waals surface area contributed by atoms with Crippen LogP contribution < -0.4 is 10.1 Å². The molecule has 10 heteroatoms. The Morgan fingerprint density at radius 3 is 2.68 bits per heavy atom. The van der Waals surface area contributed by atoms with E-state index in [1.807, 2.05) is 6.92 Å². The zero-order valence-corrected chi connectivity index (χ0v) is 17.5. The zero-order valence-electron chi connectivity index (χ0n) is 16.7. The highest BCUT2D eigenvalue weighted by atomic mass is 32.2. The van der Waals surface area contributed by atoms with Gasteiger partial charge in [-0.2, -0.15) is 9.62 Å². The van der Waals surface area contributed by atoms with Crippen LogP contribution in [-0.4, -0.2) is 22.8 Å². The van der Waals surface area contributed by atoms with Crippen molar-refractivity contribution in [3.63, 3.8) is 0 Å². The van der Waals surface area contributed by atoms with Gasteiger partial charge in [0.15, 0.2) is 5.82 Å². The molecular formula is C21H18F3N5OS. The third kappa shape index (κ3) is 5.58. The van der Waals surface area contributed by atoms with Gasteiger partial charge in [0.2, 0.25) is 12.1 Å². The number of hydrogen-bond acceptors (Lipinski definition) is 6. The molecule has 1 N–H and O–H groups in total. The molecule has 1 aromatic heterocycles. The number of anilines is 2. The molecule has 0 saturated carbocycles. The van der Waals surface area contributed by atoms with Crippen LogP contribution in [-0.2, 0) is 16.4 Å². The zero-order chi connectivity index (χ0) is 22.4. The predicted octanol–water partition coefficient (Wildman–Crippen LogP) is 5.12. The van der Waals surface area contributed by atoms with Gasteiger partial charge in [0.1, 0.15) is 23.1 Å². The molecule has 0 fully saturated rings. The Hall–Kier alpha value is -3.45. The van der Waals surface area contributed by atoms with Crippen LogP contribution in [0.25, 0.3) is 11.3 Å². The third-order valence-corrected chi connectivity index (χ3v) is 5.89. The number of ether oxygens (including phenoxy) is 1. The smallest absolute Gasteiger partial charge is 0.227 e. The minimum absolute atomic E-state index is 0.0236. The van der Waals surface area contributed by atoms with Crippen LogP contribution in [0.1, 0.15) is 12.5 Å². The molecule has 1 heterocycles. The lowest BCUT2D eigenvalue weighted by Gasteiger charge is -2.12. The Morgan fingerprint density at radius 1 is 1.16 bits per heavy atom. The van der Waals surface area contributed by atoms with Crippen LogP contribution in [0.15, 0.2) is 47.0 Å². The molecule has 0 aliphatic carbocycles. The summed E-state index contributed by atoms with van der Waals surface area (Å²) in [7, 11) is 0.802. The second kappa shape index (κ2) is 10.0. The summed E-state index contributed by atoms with van der Waals surface area (Å²) in [6, 6.07) is 7.96. The Bertz CT molecular complexity index is 1180. The second-order valence-electron chi connectivity index (χ2n) is 6.29. The summed E-state index contributed by atoms with van der Waals surface area (Å²) >= 11 is 0. The van der Waals surface area contributed by atoms with Crippen molar-refractivity contribution in [1.82, 2.24) is 9.97 Å². The highest BCUT2D eigenvalue weighted by Gasteiger charge is 2.15. The summed E-state index contributed by atoms with van der Waals surface area (Å²) in [4.78, 5) is 8.06. The number of aromatic nitrogens is 2. The Labute approximate surface area is 179 Å². The van der Waals surface area contributed by atoms with Crippen LogP contribution in [0.2, 0.25) is 0 Å². The molecule has 0 saturated heterocycles. The molecule has 1 atom stereocenters. The standard InChI is InChI=1S/C21H18F3N5OS/c1-3-31(27-12-25)11-13-6-15(23)8-16(7-13)28-21-26-10-18(24)20(29-21)17-5-4-14(22)9-19(17)30-2/h4-10H,3,11H2,1-2H3,(H,26,28,29). The van der Waals surface area contributed by atoms with Crippen molar-refractivity contribution < 1.29 is 17.9 Å². The lowest BCUT2D eigenvalue weighted by atomic mass is 10.1. The fourth-order valence-electron chi connectivity index (χ4n) is 2.86. The first-order chi connectivity index (χ1) is 14.9. The van der Waals surface area contributed by atoms with Gasteiger partial charge in [-0.3, -0.25) is 0 Å². The molecule has 0 radical (unpaired) electrons. The molecule has 1 unspecified atom stereocenters. The van der Waals surface area contributed by atoms with Gasteiger partial charge in [0.05, 0.1) is 13.3 Å². The van der Waals surface area contributed by atoms with Gasteiger partial charge in [-0.15, -0.1) is 0 Å². The van der Waals surface area contributed by atoms with E-state index in [0.29, 0.717) is 22.8 Å². The van der Waals surface area contributed by atoms with E-state index < -0.39 is 28.1 Å². The van der Waals surface area contributed by atoms with E-state index in [1.54, 1.807) is 12.3 Å². The van der Waals surface area contributed by atoms with E-state index in [2.05, 4.69) is 19.6 Å². The maximum absolute atomic E-state index is 14.4. The molecule has 0 amide bonds. The topological polar surface area (TPSA) is 83.2 Å². The third-order valence-electron chi connectivity index (χ3n) is 4.21. The van der Waals surface area contributed by atoms with Crippen molar-refractivity contribution in [2.75, 3.05) is 18.2 Å². The molecule has 3 rings (SSSR count). The molecule has 0 bridgehead atoms. The largest absolute Gasteiger partial charge is 0.496 e. The number of benzene rings is 2. The second-order valence-corrected chi connectivity index (χ2v) is 8.27. The van der Waals surface area contributed by atoms with Gasteiger partial charge < -0.3 is 10.1 Å². The fourth-order valence-corrected chi connectivity index (χ4v) is 3.93. The van der Waals surface area contributed by atoms with Crippen LogP contribution in [0.4, 0.5) is 24.8 Å². The molecule has 6 nitrogen and oxygen atoms in total. The Balaban J connectivity index is 1.93. The predicted molar refractivity (Wildman–Crippen MR) is 113 cm³/mol. The highest BCUT2D eigenvalue weighted by molar-refractivity contribution is 7.86. The monoisotopic (exact) mass is 445 g/mol. The maximum atomic E-state index is 14.4. The maximum Gasteiger partial charge on any atom is 0.227 e. The van der Waals surface area contributed by atoms with E-state index in [4.69, 9.17) is 10.00 Å². The molecule has 31 heavy (non-hydrogen) atoms. The fraction of sp³-hybridized carbons (Fsp3) is 0.190. The van der Waals surface area contributed by atoms with Gasteiger partial charge in [-0.25, -0.2) is 23.1 Å². The summed E-state index contributed by atoms with van der Waals surface area (Å²) in [6.07, 6.45) is 2.75. The number of hydrogen-bond donors (Lipinski definition) is 1. The van der Waals surface area contributed by atoms with Crippen LogP contribution >= 0.6 is 0 Å². The van der Waals surface area contributed by atoms with Crippen molar-refractivity contribution in [2.24, 2.45) is 4.36 Å². The van der Waals surface area contributed by atoms with E-state index in [1.165, 1.54) is 31.4 Å². The molecular weight excluding hydrogens is 427 g/mol. The summed E-state index contributed by atoms with van der Waals surface area (Å²) in [5.41, 5.74) is 1.16. The molecule has 2 aromatic carbocycles. The SMILES string of the molecule is CCS(Cc1cc(F)cc(Nc2ncc(F)c(-c3ccc(F)cc3OC)n2)c1)=NC#N. The van der Waals surface area contributed by atoms with Crippen molar-refractivity contribution in [1.29, 1.82) is 5.26 Å². The van der Waals surface area contributed by atoms with Crippen molar-refractivity contribution in [2.45, 2.75) is 12.7 Å². The Kier molecular flexibility index (Phi) is 7.20. The molecule has 0 aliphatic heterocycles. The molecule has 0 aliphatic rings. The lowest BCUT2D eigenvalue weighted by molar-refractivity contribution is 0.412. The van der Waals surface area contributed by atoms with Gasteiger partial charge >= 0.3 is 0 Å². The number of methoxy groups -OCH3 is 1. The van der Waals surface area contributed by atoms with E-state index in [0.717, 1.165) is 12.3 Å². The van der Waals surface area contributed by atoms with Gasteiger partial charge in [0, 0.05) is 28.8 Å². The first-order valence-corrected chi connectivity index (χ1v) is 10.7. The number of nitriles is 1. The van der Waals surface area contributed by atoms with Gasteiger partial charge in [0.25, 0.3) is 0 Å². The quantitative estimate of drug-likeness (QED) is 0.511. The molecule has 160 valence electrons. The molecule has 0 spiro atoms. The average Bonchev–Trinajstić information content (AvgIpc) is 2.74. The van der Waals surface area contributed by atoms with Crippen LogP contribution in [0, 0.1) is 28.9 Å². The van der Waals surface area contributed by atoms with Crippen LogP contribution in [0.5, 0.6) is 5.75 Å². The van der Waals surface area contributed by atoms with Crippen molar-refractivity contribution in [3.8, 4) is 23.2 Å². The average molecular weight is 445 g/mol. The summed E-state index contributed by atoms with van der Waals surface area (Å²) < 4.78 is 51.0. The first kappa shape index (κ1) is 22.2. The van der Waals surface area contributed by atoms with E-state index >= 15 is 0 Å². The van der Waals surface area contributed by atoms with Crippen molar-refractivity contribution >= 4 is 22.3 Å². The first-order valence-electron chi connectivity index (χ1n) is 9.13. The number of nitrogens with zero attached hydrogens (tertiary/aromatic N) is 4. The number of nitrogens with one attached hydrogen (secondary N) is 1. The minimum Gasteiger partial charge on any atom is -0.496 e. The van der Waals surface area contributed by atoms with Gasteiger partial charge in [-0.05, 0) is 35.9 Å². The minimum atomic E-state index is -0.722. The van der Waals surface area contributed by atoms with Crippen molar-refractivity contribution in [3.05, 3.63) is 65.6 Å². The summed E-state index contributed by atoms with van der Waals surface area (Å²) in [5.74, 6) is -0.523. The van der Waals surface area contributed by atoms with E-state index in [9.17, 15) is 13.2 Å². The van der Waals surface area contributed by atoms with Gasteiger partial charge in [-0.1, -0.05) is 17.6 Å². The molecule has 3 aromatic rings. The number of rotatable bonds is 7. The van der Waals surface area contributed by atoms with Crippen LogP contribution in [0.3, 0.4) is 0 Å². The lowest BCUT2D eigenvalue weighted by Crippen LogP contribution is -2.03. The highest BCUT2D eigenvalue weighted by Crippen LogP contribution is 2.31. The number of halogens is 3. The Morgan fingerprint density at radius 2 is 1.97 bits per heavy atom. The summed E-state index contributed by atoms with van der Waals surface area (Å²) in [5, 5.41) is 11.6.